The van der Waals surface area contributed by atoms with Gasteiger partial charge in [0.25, 0.3) is 0 Å². The summed E-state index contributed by atoms with van der Waals surface area (Å²) < 4.78 is 7.75. The standard InChI is InChI=1S/C2H8OSi.CH3NOSi/c1-2-3-4;3-1-2-4/h2H2,1,4H3;4H3. The van der Waals surface area contributed by atoms with E-state index in [0.717, 1.165) is 17.1 Å². The van der Waals surface area contributed by atoms with Crippen LogP contribution in [0.4, 0.5) is 0 Å². The molecule has 8 heavy (non-hydrogen) atoms. The minimum atomic E-state index is 0.591. The molecule has 0 N–H and O–H groups in total. The topological polar surface area (TPSA) is 38.7 Å². The third-order valence-corrected chi connectivity index (χ3v) is 1.14. The van der Waals surface area contributed by atoms with Crippen LogP contribution >= 0.6 is 0 Å². The molecule has 48 valence electrons. The van der Waals surface area contributed by atoms with Crippen LogP contribution in [0.15, 0.2) is 4.66 Å². The van der Waals surface area contributed by atoms with E-state index in [1.807, 2.05) is 6.92 Å². The molecule has 0 heterocycles. The van der Waals surface area contributed by atoms with E-state index >= 15 is 0 Å². The predicted molar refractivity (Wildman–Crippen MR) is 39.6 cm³/mol. The normalized spacial score (nSPS) is 6.62. The lowest BCUT2D eigenvalue weighted by molar-refractivity contribution is 0.375. The van der Waals surface area contributed by atoms with Crippen molar-refractivity contribution in [3.63, 3.8) is 0 Å². The van der Waals surface area contributed by atoms with Crippen molar-refractivity contribution in [3.05, 3.63) is 0 Å². The largest absolute Gasteiger partial charge is 0.428 e. The highest BCUT2D eigenvalue weighted by atomic mass is 28.2. The van der Waals surface area contributed by atoms with E-state index in [2.05, 4.69) is 9.08 Å². The van der Waals surface area contributed by atoms with E-state index in [-0.39, 0.29) is 0 Å². The Morgan fingerprint density at radius 2 is 2.12 bits per heavy atom. The summed E-state index contributed by atoms with van der Waals surface area (Å²) in [6.45, 7) is 2.87. The molecule has 0 aromatic rings. The third kappa shape index (κ3) is 41.8. The predicted octanol–water partition coefficient (Wildman–Crippen LogP) is -2.09. The highest BCUT2D eigenvalue weighted by Gasteiger charge is 1.51. The van der Waals surface area contributed by atoms with Gasteiger partial charge in [-0.2, -0.15) is 0 Å². The summed E-state index contributed by atoms with van der Waals surface area (Å²) in [6.07, 6.45) is 1.37. The Hall–Kier alpha value is -0.226. The Labute approximate surface area is 55.2 Å². The first-order valence-corrected chi connectivity index (χ1v) is 3.99. The molecule has 0 bridgehead atoms. The lowest BCUT2D eigenvalue weighted by Gasteiger charge is -1.77. The van der Waals surface area contributed by atoms with Crippen LogP contribution in [-0.4, -0.2) is 33.6 Å². The first-order chi connectivity index (χ1) is 3.83. The molecule has 0 spiro atoms. The SMILES string of the molecule is CCO[SiH3].O=C=N[SiH3]. The van der Waals surface area contributed by atoms with Gasteiger partial charge in [-0.3, -0.25) is 4.66 Å². The van der Waals surface area contributed by atoms with Gasteiger partial charge in [0.05, 0.1) is 0 Å². The fourth-order valence-electron chi connectivity index (χ4n) is 0. The Morgan fingerprint density at radius 3 is 2.12 bits per heavy atom. The maximum Gasteiger partial charge on any atom is 0.223 e. The first kappa shape index (κ1) is 10.7. The van der Waals surface area contributed by atoms with Crippen molar-refractivity contribution >= 4 is 27.0 Å². The van der Waals surface area contributed by atoms with Gasteiger partial charge in [-0.15, -0.1) is 0 Å². The van der Waals surface area contributed by atoms with E-state index in [1.165, 1.54) is 6.08 Å². The maximum absolute atomic E-state index is 8.92. The molecule has 0 aliphatic carbocycles. The van der Waals surface area contributed by atoms with Crippen molar-refractivity contribution in [2.24, 2.45) is 4.66 Å². The zero-order valence-corrected chi connectivity index (χ0v) is 9.47. The van der Waals surface area contributed by atoms with Crippen LogP contribution in [-0.2, 0) is 9.22 Å². The van der Waals surface area contributed by atoms with Crippen LogP contribution in [0, 0.1) is 0 Å². The summed E-state index contributed by atoms with van der Waals surface area (Å²) in [5.74, 6) is 0. The highest BCUT2D eigenvalue weighted by molar-refractivity contribution is 6.07. The third-order valence-electron chi connectivity index (χ3n) is 0.380. The Morgan fingerprint density at radius 1 is 1.88 bits per heavy atom. The van der Waals surface area contributed by atoms with Crippen molar-refractivity contribution in [1.82, 2.24) is 0 Å². The molecule has 0 aromatic heterocycles. The van der Waals surface area contributed by atoms with Gasteiger partial charge in [-0.05, 0) is 6.92 Å². The minimum absolute atomic E-state index is 0.591. The fourth-order valence-corrected chi connectivity index (χ4v) is 0. The van der Waals surface area contributed by atoms with Gasteiger partial charge in [0.15, 0.2) is 10.4 Å². The first-order valence-electron chi connectivity index (χ1n) is 2.28. The van der Waals surface area contributed by atoms with Crippen LogP contribution in [0.1, 0.15) is 6.92 Å². The number of hydrogen-bond acceptors (Lipinski definition) is 3. The van der Waals surface area contributed by atoms with E-state index < -0.39 is 0 Å². The van der Waals surface area contributed by atoms with Crippen LogP contribution in [0.25, 0.3) is 0 Å². The van der Waals surface area contributed by atoms with Gasteiger partial charge < -0.3 is 4.43 Å². The summed E-state index contributed by atoms with van der Waals surface area (Å²) in [5, 5.41) is 0. The van der Waals surface area contributed by atoms with E-state index in [1.54, 1.807) is 0 Å². The molecule has 5 heteroatoms. The number of hydrogen-bond donors (Lipinski definition) is 0. The molecule has 0 saturated carbocycles. The second kappa shape index (κ2) is 15.9. The maximum atomic E-state index is 8.92. The molecular weight excluding hydrogens is 138 g/mol. The smallest absolute Gasteiger partial charge is 0.223 e. The molecule has 0 unspecified atom stereocenters. The number of carbonyl (C=O) groups excluding carboxylic acids is 1. The van der Waals surface area contributed by atoms with Crippen molar-refractivity contribution in [1.29, 1.82) is 0 Å². The van der Waals surface area contributed by atoms with Crippen LogP contribution in [0.3, 0.4) is 0 Å². The second-order valence-electron chi connectivity index (χ2n) is 0.892. The molecule has 0 aliphatic rings. The molecule has 0 amide bonds. The van der Waals surface area contributed by atoms with Crippen LogP contribution in [0.2, 0.25) is 0 Å². The second-order valence-corrected chi connectivity index (χ2v) is 1.92. The van der Waals surface area contributed by atoms with Crippen LogP contribution < -0.4 is 0 Å². The summed E-state index contributed by atoms with van der Waals surface area (Å²) in [5.41, 5.74) is 0. The molecular formula is C3H11NO2Si2. The average Bonchev–Trinajstić information content (AvgIpc) is 1.88. The highest BCUT2D eigenvalue weighted by Crippen LogP contribution is 1.50. The summed E-state index contributed by atoms with van der Waals surface area (Å²) in [7, 11) is 1.48. The molecule has 0 aromatic carbocycles. The molecule has 0 aliphatic heterocycles. The lowest BCUT2D eigenvalue weighted by atomic mass is 10.9. The van der Waals surface area contributed by atoms with Gasteiger partial charge in [0, 0.05) is 6.61 Å². The summed E-state index contributed by atoms with van der Waals surface area (Å²) in [4.78, 5) is 8.92. The van der Waals surface area contributed by atoms with E-state index in [4.69, 9.17) is 4.79 Å². The minimum Gasteiger partial charge on any atom is -0.428 e. The lowest BCUT2D eigenvalue weighted by Crippen LogP contribution is -1.76. The van der Waals surface area contributed by atoms with Crippen LogP contribution in [0.5, 0.6) is 0 Å². The van der Waals surface area contributed by atoms with E-state index in [9.17, 15) is 0 Å². The number of nitrogens with zero attached hydrogens (tertiary/aromatic N) is 1. The Balaban J connectivity index is 0. The van der Waals surface area contributed by atoms with Gasteiger partial charge in [-0.25, -0.2) is 4.79 Å². The average molecular weight is 149 g/mol. The van der Waals surface area contributed by atoms with Gasteiger partial charge in [-0.1, -0.05) is 0 Å². The molecule has 0 rings (SSSR count). The zero-order chi connectivity index (χ0) is 6.83. The molecule has 0 radical (unpaired) electrons. The summed E-state index contributed by atoms with van der Waals surface area (Å²) in [6, 6.07) is 0. The monoisotopic (exact) mass is 149 g/mol. The zero-order valence-electron chi connectivity index (χ0n) is 5.47. The summed E-state index contributed by atoms with van der Waals surface area (Å²) >= 11 is 0. The fraction of sp³-hybridized carbons (Fsp3) is 0.667. The number of isocyanates is 1. The number of rotatable bonds is 1. The molecule has 0 saturated heterocycles. The van der Waals surface area contributed by atoms with Gasteiger partial charge in [0.1, 0.15) is 10.5 Å². The molecule has 3 nitrogen and oxygen atoms in total. The molecule has 0 fully saturated rings. The van der Waals surface area contributed by atoms with Gasteiger partial charge in [0.2, 0.25) is 6.08 Å². The van der Waals surface area contributed by atoms with Crippen molar-refractivity contribution < 1.29 is 9.22 Å². The van der Waals surface area contributed by atoms with Crippen molar-refractivity contribution in [2.75, 3.05) is 6.61 Å². The van der Waals surface area contributed by atoms with Crippen molar-refractivity contribution in [2.45, 2.75) is 6.92 Å². The molecule has 0 atom stereocenters. The quantitative estimate of drug-likeness (QED) is 0.243. The van der Waals surface area contributed by atoms with Gasteiger partial charge >= 0.3 is 0 Å². The van der Waals surface area contributed by atoms with Crippen molar-refractivity contribution in [3.8, 4) is 0 Å². The van der Waals surface area contributed by atoms with E-state index in [0.29, 0.717) is 10.4 Å². The Bertz CT molecular complexity index is 69.7. The Kier molecular flexibility index (Phi) is 21.2.